The Kier molecular flexibility index (Phi) is 34.4. The average molecular weight is 348 g/mol. The number of halogens is 1. The maximum Gasteiger partial charge on any atom is 0.0785 e. The van der Waals surface area contributed by atoms with Gasteiger partial charge in [0.1, 0.15) is 0 Å². The molecule has 0 rings (SSSR count). The molecule has 1 unspecified atom stereocenters. The maximum absolute atomic E-state index is 9.50. The summed E-state index contributed by atoms with van der Waals surface area (Å²) in [5.74, 6) is 0.524. The van der Waals surface area contributed by atoms with Crippen molar-refractivity contribution in [2.24, 2.45) is 5.92 Å². The van der Waals surface area contributed by atoms with Crippen LogP contribution in [0.15, 0.2) is 23.4 Å². The second kappa shape index (κ2) is 26.2. The second-order valence-electron chi connectivity index (χ2n) is 4.32. The summed E-state index contributed by atoms with van der Waals surface area (Å²) in [6, 6.07) is 0. The van der Waals surface area contributed by atoms with Crippen molar-refractivity contribution in [3.05, 3.63) is 23.4 Å². The standard InChI is InChI=1S/C15H27NS.2C2H6.CH3F/c1-6-10-14(13(8-3)9-4)16-11-15(17)12(5)7-2;3*1-2/h8,10,12,16H,6-7,9,11H2,1-5H3;2*1-2H3;1H3/b13-8-,14-10+;;;. The van der Waals surface area contributed by atoms with Crippen LogP contribution >= 0.6 is 12.2 Å². The van der Waals surface area contributed by atoms with E-state index in [1.54, 1.807) is 0 Å². The van der Waals surface area contributed by atoms with Gasteiger partial charge in [0.2, 0.25) is 0 Å². The van der Waals surface area contributed by atoms with Crippen LogP contribution in [-0.2, 0) is 0 Å². The molecule has 0 bridgehead atoms. The Labute approximate surface area is 151 Å². The van der Waals surface area contributed by atoms with Crippen molar-refractivity contribution in [3.8, 4) is 0 Å². The summed E-state index contributed by atoms with van der Waals surface area (Å²) in [4.78, 5) is 1.13. The summed E-state index contributed by atoms with van der Waals surface area (Å²) in [7, 11) is 0.500. The first kappa shape index (κ1) is 30.2. The molecule has 0 amide bonds. The molecule has 0 spiro atoms. The third kappa shape index (κ3) is 17.5. The van der Waals surface area contributed by atoms with Crippen LogP contribution in [0.4, 0.5) is 4.39 Å². The van der Waals surface area contributed by atoms with Gasteiger partial charge in [-0.1, -0.05) is 79.8 Å². The van der Waals surface area contributed by atoms with Crippen LogP contribution in [0.3, 0.4) is 0 Å². The van der Waals surface area contributed by atoms with Crippen LogP contribution < -0.4 is 5.32 Å². The monoisotopic (exact) mass is 347 g/mol. The molecule has 0 aliphatic rings. The van der Waals surface area contributed by atoms with E-state index in [1.165, 1.54) is 11.3 Å². The van der Waals surface area contributed by atoms with Crippen LogP contribution in [0.2, 0.25) is 0 Å². The Morgan fingerprint density at radius 3 is 1.87 bits per heavy atom. The smallest absolute Gasteiger partial charge is 0.0785 e. The first-order valence-electron chi connectivity index (χ1n) is 9.10. The first-order chi connectivity index (χ1) is 11.1. The van der Waals surface area contributed by atoms with Crippen LogP contribution in [0.5, 0.6) is 0 Å². The van der Waals surface area contributed by atoms with Crippen molar-refractivity contribution in [3.63, 3.8) is 0 Å². The van der Waals surface area contributed by atoms with Crippen LogP contribution in [0.25, 0.3) is 0 Å². The number of hydrogen-bond donors (Lipinski definition) is 1. The normalized spacial score (nSPS) is 11.6. The summed E-state index contributed by atoms with van der Waals surface area (Å²) in [5, 5.41) is 3.49. The van der Waals surface area contributed by atoms with Crippen molar-refractivity contribution in [2.45, 2.75) is 81.6 Å². The predicted molar refractivity (Wildman–Crippen MR) is 112 cm³/mol. The van der Waals surface area contributed by atoms with Gasteiger partial charge < -0.3 is 5.32 Å². The zero-order valence-corrected chi connectivity index (χ0v) is 18.2. The molecular formula is C20H42FNS. The SMILES string of the molecule is C/C=C(CC)\C(=C/CC)NCC(=S)C(C)CC.CC.CC.CF. The lowest BCUT2D eigenvalue weighted by Crippen LogP contribution is -2.26. The van der Waals surface area contributed by atoms with E-state index >= 15 is 0 Å². The molecular weight excluding hydrogens is 305 g/mol. The van der Waals surface area contributed by atoms with E-state index in [0.717, 1.165) is 30.7 Å². The zero-order chi connectivity index (χ0) is 19.3. The van der Waals surface area contributed by atoms with Gasteiger partial charge in [0.05, 0.1) is 7.18 Å². The Morgan fingerprint density at radius 1 is 1.09 bits per heavy atom. The van der Waals surface area contributed by atoms with Gasteiger partial charge in [-0.05, 0) is 37.7 Å². The van der Waals surface area contributed by atoms with Gasteiger partial charge in [-0.3, -0.25) is 4.39 Å². The fourth-order valence-corrected chi connectivity index (χ4v) is 1.89. The van der Waals surface area contributed by atoms with Gasteiger partial charge in [0, 0.05) is 17.1 Å². The molecule has 140 valence electrons. The molecule has 1 N–H and O–H groups in total. The van der Waals surface area contributed by atoms with Gasteiger partial charge >= 0.3 is 0 Å². The number of nitrogens with one attached hydrogen (secondary N) is 1. The largest absolute Gasteiger partial charge is 0.380 e. The summed E-state index contributed by atoms with van der Waals surface area (Å²) in [6.07, 6.45) is 7.66. The maximum atomic E-state index is 9.50. The average Bonchev–Trinajstić information content (AvgIpc) is 2.64. The van der Waals surface area contributed by atoms with Gasteiger partial charge in [0.25, 0.3) is 0 Å². The molecule has 0 aromatic heterocycles. The van der Waals surface area contributed by atoms with Crippen molar-refractivity contribution in [1.29, 1.82) is 0 Å². The predicted octanol–water partition coefficient (Wildman–Crippen LogP) is 7.28. The molecule has 3 heteroatoms. The Bertz CT molecular complexity index is 296. The number of hydrogen-bond acceptors (Lipinski definition) is 2. The quantitative estimate of drug-likeness (QED) is 0.365. The summed E-state index contributed by atoms with van der Waals surface area (Å²) >= 11 is 5.43. The molecule has 0 radical (unpaired) electrons. The lowest BCUT2D eigenvalue weighted by Gasteiger charge is -2.16. The molecule has 0 aliphatic carbocycles. The number of alkyl halides is 1. The molecule has 0 heterocycles. The van der Waals surface area contributed by atoms with Crippen molar-refractivity contribution >= 4 is 17.1 Å². The van der Waals surface area contributed by atoms with E-state index < -0.39 is 0 Å². The van der Waals surface area contributed by atoms with Crippen LogP contribution in [0.1, 0.15) is 81.6 Å². The third-order valence-corrected chi connectivity index (χ3v) is 3.65. The number of allylic oxidation sites excluding steroid dienone is 3. The topological polar surface area (TPSA) is 12.0 Å². The van der Waals surface area contributed by atoms with E-state index in [0.29, 0.717) is 13.1 Å². The van der Waals surface area contributed by atoms with E-state index in [-0.39, 0.29) is 0 Å². The van der Waals surface area contributed by atoms with Crippen molar-refractivity contribution < 1.29 is 4.39 Å². The van der Waals surface area contributed by atoms with Crippen molar-refractivity contribution in [1.82, 2.24) is 5.32 Å². The Hall–Kier alpha value is -0.700. The van der Waals surface area contributed by atoms with Gasteiger partial charge in [-0.2, -0.15) is 0 Å². The van der Waals surface area contributed by atoms with Gasteiger partial charge in [0.15, 0.2) is 0 Å². The molecule has 0 fully saturated rings. The van der Waals surface area contributed by atoms with E-state index in [1.807, 2.05) is 27.7 Å². The zero-order valence-electron chi connectivity index (χ0n) is 17.3. The minimum absolute atomic E-state index is 0.500. The van der Waals surface area contributed by atoms with Crippen molar-refractivity contribution in [2.75, 3.05) is 13.7 Å². The lowest BCUT2D eigenvalue weighted by molar-refractivity contribution is 0.636. The van der Waals surface area contributed by atoms with E-state index in [4.69, 9.17) is 12.2 Å². The van der Waals surface area contributed by atoms with E-state index in [9.17, 15) is 4.39 Å². The lowest BCUT2D eigenvalue weighted by atomic mass is 10.0. The highest BCUT2D eigenvalue weighted by atomic mass is 32.1. The minimum Gasteiger partial charge on any atom is -0.380 e. The minimum atomic E-state index is 0.500. The molecule has 23 heavy (non-hydrogen) atoms. The highest BCUT2D eigenvalue weighted by molar-refractivity contribution is 7.80. The molecule has 0 aromatic carbocycles. The molecule has 0 aromatic rings. The van der Waals surface area contributed by atoms with Crippen LogP contribution in [-0.4, -0.2) is 18.6 Å². The molecule has 1 atom stereocenters. The highest BCUT2D eigenvalue weighted by Crippen LogP contribution is 2.12. The van der Waals surface area contributed by atoms with E-state index in [2.05, 4.69) is 52.1 Å². The molecule has 0 saturated heterocycles. The highest BCUT2D eigenvalue weighted by Gasteiger charge is 2.07. The fraction of sp³-hybridized carbons (Fsp3) is 0.750. The molecule has 1 nitrogen and oxygen atoms in total. The Morgan fingerprint density at radius 2 is 1.57 bits per heavy atom. The fourth-order valence-electron chi connectivity index (χ4n) is 1.66. The second-order valence-corrected chi connectivity index (χ2v) is 4.85. The summed E-state index contributed by atoms with van der Waals surface area (Å²) < 4.78 is 9.50. The van der Waals surface area contributed by atoms with Gasteiger partial charge in [-0.15, -0.1) is 0 Å². The molecule has 0 aliphatic heterocycles. The summed E-state index contributed by atoms with van der Waals surface area (Å²) in [5.41, 5.74) is 2.63. The first-order valence-corrected chi connectivity index (χ1v) is 9.51. The molecule has 0 saturated carbocycles. The van der Waals surface area contributed by atoms with Crippen LogP contribution in [0, 0.1) is 5.92 Å². The summed E-state index contributed by atoms with van der Waals surface area (Å²) in [6.45, 7) is 19.6. The number of thiocarbonyl (C=S) groups is 1. The third-order valence-electron chi connectivity index (χ3n) is 3.10. The number of rotatable bonds is 8. The van der Waals surface area contributed by atoms with Gasteiger partial charge in [-0.25, -0.2) is 0 Å². The Balaban J connectivity index is -0.000000267.